The van der Waals surface area contributed by atoms with Gasteiger partial charge in [0.15, 0.2) is 5.78 Å². The van der Waals surface area contributed by atoms with Crippen LogP contribution in [0.4, 0.5) is 0 Å². The molecule has 1 aliphatic carbocycles. The lowest BCUT2D eigenvalue weighted by molar-refractivity contribution is 0.101. The van der Waals surface area contributed by atoms with Gasteiger partial charge >= 0.3 is 0 Å². The zero-order chi connectivity index (χ0) is 12.5. The van der Waals surface area contributed by atoms with E-state index in [0.29, 0.717) is 0 Å². The van der Waals surface area contributed by atoms with Crippen LogP contribution in [0.2, 0.25) is 0 Å². The van der Waals surface area contributed by atoms with Crippen molar-refractivity contribution in [3.8, 4) is 0 Å². The van der Waals surface area contributed by atoms with Gasteiger partial charge in [-0.05, 0) is 5.41 Å². The van der Waals surface area contributed by atoms with Crippen LogP contribution in [0.5, 0.6) is 0 Å². The van der Waals surface area contributed by atoms with Gasteiger partial charge in [-0.25, -0.2) is 0 Å². The Hall–Kier alpha value is -1.63. The quantitative estimate of drug-likeness (QED) is 0.696. The van der Waals surface area contributed by atoms with Crippen molar-refractivity contribution in [3.05, 3.63) is 59.7 Å². The van der Waals surface area contributed by atoms with E-state index in [-0.39, 0.29) is 17.1 Å². The molecule has 1 nitrogen and oxygen atoms in total. The molecule has 0 saturated carbocycles. The maximum Gasteiger partial charge on any atom is 0.189 e. The van der Waals surface area contributed by atoms with Gasteiger partial charge in [-0.15, -0.1) is 0 Å². The number of allylic oxidation sites excluding steroid dienone is 4. The van der Waals surface area contributed by atoms with E-state index in [9.17, 15) is 4.79 Å². The number of rotatable bonds is 2. The zero-order valence-corrected chi connectivity index (χ0v) is 10.6. The predicted molar refractivity (Wildman–Crippen MR) is 70.9 cm³/mol. The lowest BCUT2D eigenvalue weighted by Crippen LogP contribution is -2.23. The highest BCUT2D eigenvalue weighted by Gasteiger charge is 2.31. The molecule has 1 aliphatic rings. The molecule has 1 aromatic carbocycles. The average Bonchev–Trinajstić information content (AvgIpc) is 2.78. The third-order valence-electron chi connectivity index (χ3n) is 3.15. The summed E-state index contributed by atoms with van der Waals surface area (Å²) in [4.78, 5) is 12.4. The molecule has 88 valence electrons. The number of hydrogen-bond donors (Lipinski definition) is 0. The van der Waals surface area contributed by atoms with E-state index in [1.807, 2.05) is 42.5 Å². The van der Waals surface area contributed by atoms with Crippen LogP contribution >= 0.6 is 0 Å². The molecule has 0 radical (unpaired) electrons. The molecule has 17 heavy (non-hydrogen) atoms. The smallest absolute Gasteiger partial charge is 0.189 e. The first-order chi connectivity index (χ1) is 8.00. The number of carbonyl (C=O) groups excluding carboxylic acids is 1. The van der Waals surface area contributed by atoms with Crippen LogP contribution in [0.1, 0.15) is 31.1 Å². The first-order valence-electron chi connectivity index (χ1n) is 5.98. The molecule has 0 bridgehead atoms. The summed E-state index contributed by atoms with van der Waals surface area (Å²) in [5.41, 5.74) is 1.77. The summed E-state index contributed by atoms with van der Waals surface area (Å²) < 4.78 is 0. The Bertz CT molecular complexity index is 472. The topological polar surface area (TPSA) is 17.1 Å². The summed E-state index contributed by atoms with van der Waals surface area (Å²) in [5.74, 6) is 0.366. The molecule has 0 N–H and O–H groups in total. The maximum absolute atomic E-state index is 12.4. The zero-order valence-electron chi connectivity index (χ0n) is 10.6. The van der Waals surface area contributed by atoms with Gasteiger partial charge < -0.3 is 0 Å². The maximum atomic E-state index is 12.4. The second kappa shape index (κ2) is 4.33. The minimum atomic E-state index is 0.0866. The van der Waals surface area contributed by atoms with E-state index < -0.39 is 0 Å². The van der Waals surface area contributed by atoms with Crippen molar-refractivity contribution in [2.24, 2.45) is 11.3 Å². The second-order valence-corrected chi connectivity index (χ2v) is 5.55. The lowest BCUT2D eigenvalue weighted by atomic mass is 9.76. The third-order valence-corrected chi connectivity index (χ3v) is 3.15. The molecule has 0 amide bonds. The molecule has 0 heterocycles. The van der Waals surface area contributed by atoms with E-state index in [0.717, 1.165) is 11.1 Å². The van der Waals surface area contributed by atoms with Gasteiger partial charge in [0.05, 0.1) is 0 Å². The third kappa shape index (κ3) is 2.38. The van der Waals surface area contributed by atoms with E-state index in [2.05, 4.69) is 26.8 Å². The standard InChI is InChI=1S/C16H18O/c1-16(2,3)14-11-7-10-13(14)15(17)12-8-5-4-6-9-12/h4-11,14H,1-3H3. The minimum Gasteiger partial charge on any atom is -0.289 e. The second-order valence-electron chi connectivity index (χ2n) is 5.55. The molecule has 1 heteroatoms. The summed E-state index contributed by atoms with van der Waals surface area (Å²) in [5, 5.41) is 0. The molecule has 0 aliphatic heterocycles. The molecule has 0 saturated heterocycles. The lowest BCUT2D eigenvalue weighted by Gasteiger charge is -2.27. The van der Waals surface area contributed by atoms with Gasteiger partial charge in [0.1, 0.15) is 0 Å². The molecule has 0 aromatic heterocycles. The minimum absolute atomic E-state index is 0.0866. The van der Waals surface area contributed by atoms with Crippen molar-refractivity contribution in [2.75, 3.05) is 0 Å². The molecule has 2 rings (SSSR count). The Labute approximate surface area is 103 Å². The Morgan fingerprint density at radius 2 is 1.76 bits per heavy atom. The monoisotopic (exact) mass is 226 g/mol. The summed E-state index contributed by atoms with van der Waals surface area (Å²) in [6.45, 7) is 6.50. The van der Waals surface area contributed by atoms with Gasteiger partial charge in [-0.3, -0.25) is 4.79 Å². The summed E-state index contributed by atoms with van der Waals surface area (Å²) in [6.07, 6.45) is 6.06. The predicted octanol–water partition coefficient (Wildman–Crippen LogP) is 4.03. The number of carbonyl (C=O) groups is 1. The van der Waals surface area contributed by atoms with Gasteiger partial charge in [0.25, 0.3) is 0 Å². The molecule has 0 spiro atoms. The first-order valence-corrected chi connectivity index (χ1v) is 5.98. The number of ketones is 1. The van der Waals surface area contributed by atoms with E-state index in [1.54, 1.807) is 0 Å². The van der Waals surface area contributed by atoms with Crippen LogP contribution in [0.25, 0.3) is 0 Å². The Morgan fingerprint density at radius 1 is 1.12 bits per heavy atom. The average molecular weight is 226 g/mol. The van der Waals surface area contributed by atoms with Crippen molar-refractivity contribution in [1.82, 2.24) is 0 Å². The fraction of sp³-hybridized carbons (Fsp3) is 0.312. The van der Waals surface area contributed by atoms with Crippen LogP contribution < -0.4 is 0 Å². The number of Topliss-reactive ketones (excluding diaryl/α,β-unsaturated/α-hetero) is 1. The van der Waals surface area contributed by atoms with Gasteiger partial charge in [-0.2, -0.15) is 0 Å². The highest BCUT2D eigenvalue weighted by molar-refractivity contribution is 6.09. The van der Waals surface area contributed by atoms with Crippen molar-refractivity contribution < 1.29 is 4.79 Å². The van der Waals surface area contributed by atoms with E-state index in [1.165, 1.54) is 0 Å². The molecule has 1 atom stereocenters. The fourth-order valence-corrected chi connectivity index (χ4v) is 2.21. The normalized spacial score (nSPS) is 19.2. The molecular weight excluding hydrogens is 208 g/mol. The summed E-state index contributed by atoms with van der Waals surface area (Å²) in [7, 11) is 0. The van der Waals surface area contributed by atoms with E-state index in [4.69, 9.17) is 0 Å². The number of benzene rings is 1. The van der Waals surface area contributed by atoms with Crippen molar-refractivity contribution >= 4 is 5.78 Å². The molecular formula is C16H18O. The van der Waals surface area contributed by atoms with Gasteiger partial charge in [-0.1, -0.05) is 69.3 Å². The van der Waals surface area contributed by atoms with Crippen molar-refractivity contribution in [3.63, 3.8) is 0 Å². The van der Waals surface area contributed by atoms with Crippen molar-refractivity contribution in [1.29, 1.82) is 0 Å². The highest BCUT2D eigenvalue weighted by Crippen LogP contribution is 2.37. The Morgan fingerprint density at radius 3 is 2.35 bits per heavy atom. The Balaban J connectivity index is 2.28. The van der Waals surface area contributed by atoms with Crippen LogP contribution in [0.3, 0.4) is 0 Å². The highest BCUT2D eigenvalue weighted by atomic mass is 16.1. The summed E-state index contributed by atoms with van der Waals surface area (Å²) in [6, 6.07) is 9.49. The van der Waals surface area contributed by atoms with Crippen molar-refractivity contribution in [2.45, 2.75) is 20.8 Å². The fourth-order valence-electron chi connectivity index (χ4n) is 2.21. The first kappa shape index (κ1) is 11.8. The molecule has 1 aromatic rings. The van der Waals surface area contributed by atoms with E-state index >= 15 is 0 Å². The van der Waals surface area contributed by atoms with Crippen LogP contribution in [-0.4, -0.2) is 5.78 Å². The number of hydrogen-bond acceptors (Lipinski definition) is 1. The van der Waals surface area contributed by atoms with Crippen LogP contribution in [-0.2, 0) is 0 Å². The SMILES string of the molecule is CC(C)(C)C1C=CC=C1C(=O)c1ccccc1. The van der Waals surface area contributed by atoms with Crippen LogP contribution in [0.15, 0.2) is 54.1 Å². The largest absolute Gasteiger partial charge is 0.289 e. The van der Waals surface area contributed by atoms with Gasteiger partial charge in [0, 0.05) is 17.1 Å². The molecule has 1 unspecified atom stereocenters. The summed E-state index contributed by atoms with van der Waals surface area (Å²) >= 11 is 0. The van der Waals surface area contributed by atoms with Gasteiger partial charge in [0.2, 0.25) is 0 Å². The Kier molecular flexibility index (Phi) is 3.01. The van der Waals surface area contributed by atoms with Crippen LogP contribution in [0, 0.1) is 11.3 Å². The molecule has 0 fully saturated rings.